The monoisotopic (exact) mass is 259 g/mol. The van der Waals surface area contributed by atoms with Gasteiger partial charge in [0.15, 0.2) is 12.0 Å². The fraction of sp³-hybridized carbons (Fsp3) is 0.467. The molecule has 3 rings (SSSR count). The minimum atomic E-state index is -1.05. The first kappa shape index (κ1) is 12.3. The molecule has 4 heteroatoms. The number of alkyl halides is 1. The van der Waals surface area contributed by atoms with Crippen molar-refractivity contribution in [2.45, 2.75) is 44.8 Å². The zero-order valence-electron chi connectivity index (χ0n) is 11.3. The molecule has 0 N–H and O–H groups in total. The van der Waals surface area contributed by atoms with E-state index in [0.717, 1.165) is 12.2 Å². The molecular weight excluding hydrogens is 241 g/mol. The first-order chi connectivity index (χ1) is 9.20. The molecule has 0 spiro atoms. The number of benzene rings is 1. The van der Waals surface area contributed by atoms with Crippen LogP contribution in [0.2, 0.25) is 0 Å². The molecule has 100 valence electrons. The number of rotatable bonds is 3. The van der Waals surface area contributed by atoms with Crippen LogP contribution in [0.1, 0.15) is 62.0 Å². The Labute approximate surface area is 112 Å². The van der Waals surface area contributed by atoms with Gasteiger partial charge < -0.3 is 0 Å². The molecule has 0 fully saturated rings. The molecule has 2 aromatic rings. The number of hydrogen-bond donors (Lipinski definition) is 0. The van der Waals surface area contributed by atoms with Crippen molar-refractivity contribution in [1.29, 1.82) is 0 Å². The summed E-state index contributed by atoms with van der Waals surface area (Å²) in [5, 5.41) is 4.40. The Morgan fingerprint density at radius 2 is 2.11 bits per heavy atom. The van der Waals surface area contributed by atoms with E-state index in [9.17, 15) is 4.39 Å². The van der Waals surface area contributed by atoms with Crippen LogP contribution in [-0.2, 0) is 0 Å². The lowest BCUT2D eigenvalue weighted by molar-refractivity contribution is 0.315. The molecule has 19 heavy (non-hydrogen) atoms. The van der Waals surface area contributed by atoms with Crippen molar-refractivity contribution in [3.05, 3.63) is 47.5 Å². The zero-order valence-corrected chi connectivity index (χ0v) is 11.3. The summed E-state index contributed by atoms with van der Waals surface area (Å²) in [5.74, 6) is 1.58. The van der Waals surface area contributed by atoms with Gasteiger partial charge in [-0.15, -0.1) is 0 Å². The molecule has 0 amide bonds. The topological polar surface area (TPSA) is 30.7 Å². The Hall–Kier alpha value is -1.71. The molecule has 0 bridgehead atoms. The van der Waals surface area contributed by atoms with Crippen molar-refractivity contribution in [2.24, 2.45) is 0 Å². The largest absolute Gasteiger partial charge is 0.242 e. The molecule has 0 aliphatic carbocycles. The maximum Gasteiger partial charge on any atom is 0.185 e. The fourth-order valence-corrected chi connectivity index (χ4v) is 2.73. The average Bonchev–Trinajstić information content (AvgIpc) is 3.00. The number of nitrogens with zero attached hydrogens (tertiary/aromatic N) is 3. The third-order valence-corrected chi connectivity index (χ3v) is 3.81. The van der Waals surface area contributed by atoms with E-state index in [1.165, 1.54) is 5.56 Å². The molecular formula is C15H18FN3. The molecule has 3 atom stereocenters. The fourth-order valence-electron chi connectivity index (χ4n) is 2.73. The van der Waals surface area contributed by atoms with E-state index >= 15 is 0 Å². The predicted octanol–water partition coefficient (Wildman–Crippen LogP) is 3.80. The van der Waals surface area contributed by atoms with E-state index in [1.807, 2.05) is 29.8 Å². The van der Waals surface area contributed by atoms with Gasteiger partial charge in [-0.1, -0.05) is 44.2 Å². The number of halogens is 1. The number of fused-ring (bicyclic) bond motifs is 1. The van der Waals surface area contributed by atoms with Crippen LogP contribution in [0.25, 0.3) is 0 Å². The van der Waals surface area contributed by atoms with Gasteiger partial charge in [-0.2, -0.15) is 5.10 Å². The molecule has 0 unspecified atom stereocenters. The van der Waals surface area contributed by atoms with E-state index < -0.39 is 6.17 Å². The van der Waals surface area contributed by atoms with Crippen LogP contribution in [0.5, 0.6) is 0 Å². The van der Waals surface area contributed by atoms with Crippen molar-refractivity contribution in [3.8, 4) is 0 Å². The summed E-state index contributed by atoms with van der Waals surface area (Å²) in [7, 11) is 0. The minimum absolute atomic E-state index is 0.191. The molecule has 1 aliphatic heterocycles. The van der Waals surface area contributed by atoms with Gasteiger partial charge >= 0.3 is 0 Å². The Kier molecular flexibility index (Phi) is 3.09. The van der Waals surface area contributed by atoms with Gasteiger partial charge in [-0.25, -0.2) is 14.1 Å². The molecule has 0 saturated carbocycles. The average molecular weight is 259 g/mol. The minimum Gasteiger partial charge on any atom is -0.242 e. The number of aromatic nitrogens is 3. The lowest BCUT2D eigenvalue weighted by Gasteiger charge is -2.12. The van der Waals surface area contributed by atoms with E-state index in [4.69, 9.17) is 0 Å². The molecule has 0 radical (unpaired) electrons. The van der Waals surface area contributed by atoms with Crippen molar-refractivity contribution in [3.63, 3.8) is 0 Å². The molecule has 1 aromatic carbocycles. The Morgan fingerprint density at radius 3 is 2.79 bits per heavy atom. The van der Waals surface area contributed by atoms with Crippen molar-refractivity contribution < 1.29 is 4.39 Å². The predicted molar refractivity (Wildman–Crippen MR) is 71.8 cm³/mol. The molecule has 0 saturated heterocycles. The second-order valence-electron chi connectivity index (χ2n) is 5.21. The lowest BCUT2D eigenvalue weighted by atomic mass is 10.0. The zero-order chi connectivity index (χ0) is 13.4. The van der Waals surface area contributed by atoms with Crippen LogP contribution in [0.3, 0.4) is 0 Å². The first-order valence-electron chi connectivity index (χ1n) is 6.86. The van der Waals surface area contributed by atoms with Gasteiger partial charge in [0.25, 0.3) is 0 Å². The summed E-state index contributed by atoms with van der Waals surface area (Å²) in [6.07, 6.45) is 0.359. The van der Waals surface area contributed by atoms with E-state index in [1.54, 1.807) is 0 Å². The van der Waals surface area contributed by atoms with E-state index in [-0.39, 0.29) is 6.04 Å². The Balaban J connectivity index is 1.99. The summed E-state index contributed by atoms with van der Waals surface area (Å²) < 4.78 is 15.7. The highest BCUT2D eigenvalue weighted by Crippen LogP contribution is 2.38. The van der Waals surface area contributed by atoms with Crippen LogP contribution in [0, 0.1) is 0 Å². The SMILES string of the molecule is CC[C@@H](F)c1nc2n(n1)[C@H](c1ccccc1)C[C@@H]2C. The van der Waals surface area contributed by atoms with Crippen LogP contribution < -0.4 is 0 Å². The van der Waals surface area contributed by atoms with Gasteiger partial charge in [-0.3, -0.25) is 0 Å². The van der Waals surface area contributed by atoms with Crippen LogP contribution >= 0.6 is 0 Å². The van der Waals surface area contributed by atoms with Crippen molar-refractivity contribution >= 4 is 0 Å². The van der Waals surface area contributed by atoms with Crippen molar-refractivity contribution in [1.82, 2.24) is 14.8 Å². The van der Waals surface area contributed by atoms with Gasteiger partial charge in [0.2, 0.25) is 0 Å². The summed E-state index contributed by atoms with van der Waals surface area (Å²) in [4.78, 5) is 4.40. The standard InChI is InChI=1S/C15H18FN3/c1-3-12(16)14-17-15-10(2)9-13(19(15)18-14)11-7-5-4-6-8-11/h4-8,10,12-13H,3,9H2,1-2H3/t10-,12+,13-/m0/s1. The first-order valence-corrected chi connectivity index (χ1v) is 6.86. The summed E-state index contributed by atoms with van der Waals surface area (Å²) in [6.45, 7) is 3.95. The second-order valence-corrected chi connectivity index (χ2v) is 5.21. The quantitative estimate of drug-likeness (QED) is 0.839. The van der Waals surface area contributed by atoms with E-state index in [2.05, 4.69) is 29.1 Å². The van der Waals surface area contributed by atoms with Crippen molar-refractivity contribution in [2.75, 3.05) is 0 Å². The lowest BCUT2D eigenvalue weighted by Crippen LogP contribution is -2.08. The number of hydrogen-bond acceptors (Lipinski definition) is 2. The summed E-state index contributed by atoms with van der Waals surface area (Å²) >= 11 is 0. The molecule has 2 heterocycles. The molecule has 1 aliphatic rings. The molecule has 1 aromatic heterocycles. The smallest absolute Gasteiger partial charge is 0.185 e. The van der Waals surface area contributed by atoms with Crippen LogP contribution in [0.15, 0.2) is 30.3 Å². The molecule has 3 nitrogen and oxygen atoms in total. The Bertz CT molecular complexity index is 564. The normalized spacial score (nSPS) is 23.3. The highest BCUT2D eigenvalue weighted by atomic mass is 19.1. The summed E-state index contributed by atoms with van der Waals surface area (Å²) in [5.41, 5.74) is 1.22. The van der Waals surface area contributed by atoms with Crippen LogP contribution in [0.4, 0.5) is 4.39 Å². The van der Waals surface area contributed by atoms with Gasteiger partial charge in [0.1, 0.15) is 5.82 Å². The highest BCUT2D eigenvalue weighted by molar-refractivity contribution is 5.24. The Morgan fingerprint density at radius 1 is 1.37 bits per heavy atom. The third kappa shape index (κ3) is 2.05. The van der Waals surface area contributed by atoms with Gasteiger partial charge in [0, 0.05) is 5.92 Å². The van der Waals surface area contributed by atoms with Gasteiger partial charge in [0.05, 0.1) is 6.04 Å². The van der Waals surface area contributed by atoms with E-state index in [0.29, 0.717) is 18.2 Å². The van der Waals surface area contributed by atoms with Crippen LogP contribution in [-0.4, -0.2) is 14.8 Å². The maximum absolute atomic E-state index is 13.7. The second kappa shape index (κ2) is 4.76. The highest BCUT2D eigenvalue weighted by Gasteiger charge is 2.33. The third-order valence-electron chi connectivity index (χ3n) is 3.81. The maximum atomic E-state index is 13.7. The summed E-state index contributed by atoms with van der Waals surface area (Å²) in [6, 6.07) is 10.4. The van der Waals surface area contributed by atoms with Gasteiger partial charge in [-0.05, 0) is 18.4 Å².